The van der Waals surface area contributed by atoms with E-state index in [0.29, 0.717) is 17.4 Å². The van der Waals surface area contributed by atoms with Gasteiger partial charge in [-0.25, -0.2) is 23.1 Å². The molecule has 0 aromatic carbocycles. The second kappa shape index (κ2) is 5.24. The quantitative estimate of drug-likeness (QED) is 0.724. The molecular formula is C7H11ClN4O2S. The van der Waals surface area contributed by atoms with Crippen molar-refractivity contribution in [1.82, 2.24) is 14.7 Å². The zero-order chi connectivity index (χ0) is 11.3. The molecule has 0 aliphatic heterocycles. The summed E-state index contributed by atoms with van der Waals surface area (Å²) < 4.78 is 23.8. The van der Waals surface area contributed by atoms with Gasteiger partial charge in [0.25, 0.3) is 0 Å². The van der Waals surface area contributed by atoms with Crippen molar-refractivity contribution in [3.05, 3.63) is 17.5 Å². The lowest BCUT2D eigenvalue weighted by atomic mass is 10.5. The van der Waals surface area contributed by atoms with Gasteiger partial charge in [-0.15, -0.1) is 0 Å². The van der Waals surface area contributed by atoms with Gasteiger partial charge in [0, 0.05) is 13.1 Å². The fourth-order valence-corrected chi connectivity index (χ4v) is 1.50. The van der Waals surface area contributed by atoms with Crippen molar-refractivity contribution < 1.29 is 8.42 Å². The first kappa shape index (κ1) is 12.2. The Balaban J connectivity index is 2.36. The van der Waals surface area contributed by atoms with Gasteiger partial charge < -0.3 is 5.32 Å². The maximum absolute atomic E-state index is 10.7. The summed E-state index contributed by atoms with van der Waals surface area (Å²) in [6, 6.07) is 0. The Bertz CT molecular complexity index is 423. The molecule has 0 saturated heterocycles. The molecular weight excluding hydrogens is 240 g/mol. The first-order chi connectivity index (χ1) is 6.99. The zero-order valence-electron chi connectivity index (χ0n) is 8.07. The molecule has 0 aliphatic rings. The van der Waals surface area contributed by atoms with Crippen LogP contribution in [-0.4, -0.2) is 37.7 Å². The van der Waals surface area contributed by atoms with E-state index in [1.165, 1.54) is 12.5 Å². The third-order valence-corrected chi connectivity index (χ3v) is 2.45. The normalized spacial score (nSPS) is 11.3. The molecule has 0 saturated carbocycles. The molecule has 15 heavy (non-hydrogen) atoms. The average molecular weight is 251 g/mol. The van der Waals surface area contributed by atoms with E-state index in [1.807, 2.05) is 0 Å². The third kappa shape index (κ3) is 4.91. The highest BCUT2D eigenvalue weighted by molar-refractivity contribution is 7.88. The van der Waals surface area contributed by atoms with Crippen LogP contribution in [-0.2, 0) is 10.0 Å². The van der Waals surface area contributed by atoms with Crippen LogP contribution in [0.1, 0.15) is 0 Å². The number of nitrogens with one attached hydrogen (secondary N) is 2. The van der Waals surface area contributed by atoms with E-state index in [1.54, 1.807) is 0 Å². The monoisotopic (exact) mass is 250 g/mol. The highest BCUT2D eigenvalue weighted by Crippen LogP contribution is 2.15. The molecule has 0 unspecified atom stereocenters. The molecule has 84 valence electrons. The van der Waals surface area contributed by atoms with Crippen molar-refractivity contribution >= 4 is 27.4 Å². The van der Waals surface area contributed by atoms with Gasteiger partial charge in [-0.2, -0.15) is 0 Å². The summed E-state index contributed by atoms with van der Waals surface area (Å²) in [5.41, 5.74) is 0. The standard InChI is InChI=1S/C7H11ClN4O2S/c1-15(13,14)12-3-2-10-7-6(8)4-9-5-11-7/h4-5,12H,2-3H2,1H3,(H,9,10,11). The lowest BCUT2D eigenvalue weighted by Gasteiger charge is -2.06. The first-order valence-electron chi connectivity index (χ1n) is 4.13. The number of halogens is 1. The SMILES string of the molecule is CS(=O)(=O)NCCNc1ncncc1Cl. The van der Waals surface area contributed by atoms with Crippen LogP contribution in [0.25, 0.3) is 0 Å². The summed E-state index contributed by atoms with van der Waals surface area (Å²) in [7, 11) is -3.14. The molecule has 0 aliphatic carbocycles. The molecule has 0 fully saturated rings. The molecule has 6 nitrogen and oxygen atoms in total. The number of sulfonamides is 1. The van der Waals surface area contributed by atoms with Crippen LogP contribution in [0.4, 0.5) is 5.82 Å². The van der Waals surface area contributed by atoms with E-state index < -0.39 is 10.0 Å². The highest BCUT2D eigenvalue weighted by Gasteiger charge is 2.01. The first-order valence-corrected chi connectivity index (χ1v) is 6.40. The summed E-state index contributed by atoms with van der Waals surface area (Å²) in [5, 5.41) is 3.28. The van der Waals surface area contributed by atoms with E-state index in [9.17, 15) is 8.42 Å². The fraction of sp³-hybridized carbons (Fsp3) is 0.429. The van der Waals surface area contributed by atoms with Crippen molar-refractivity contribution in [2.45, 2.75) is 0 Å². The van der Waals surface area contributed by atoms with Crippen molar-refractivity contribution in [1.29, 1.82) is 0 Å². The molecule has 0 amide bonds. The molecule has 0 bridgehead atoms. The Kier molecular flexibility index (Phi) is 4.25. The molecule has 1 aromatic rings. The predicted molar refractivity (Wildman–Crippen MR) is 58.4 cm³/mol. The van der Waals surface area contributed by atoms with Crippen LogP contribution < -0.4 is 10.0 Å². The van der Waals surface area contributed by atoms with Crippen LogP contribution in [0.15, 0.2) is 12.5 Å². The lowest BCUT2D eigenvalue weighted by Crippen LogP contribution is -2.27. The number of aromatic nitrogens is 2. The number of hydrogen-bond donors (Lipinski definition) is 2. The predicted octanol–water partition coefficient (Wildman–Crippen LogP) is 0.0911. The van der Waals surface area contributed by atoms with Gasteiger partial charge in [0.05, 0.1) is 12.5 Å². The highest BCUT2D eigenvalue weighted by atomic mass is 35.5. The molecule has 1 heterocycles. The summed E-state index contributed by atoms with van der Waals surface area (Å²) in [6.07, 6.45) is 3.92. The third-order valence-electron chi connectivity index (χ3n) is 1.45. The smallest absolute Gasteiger partial charge is 0.208 e. The average Bonchev–Trinajstić information content (AvgIpc) is 2.13. The second-order valence-electron chi connectivity index (χ2n) is 2.81. The van der Waals surface area contributed by atoms with Crippen LogP contribution in [0.5, 0.6) is 0 Å². The largest absolute Gasteiger partial charge is 0.367 e. The molecule has 8 heteroatoms. The zero-order valence-corrected chi connectivity index (χ0v) is 9.64. The number of nitrogens with zero attached hydrogens (tertiary/aromatic N) is 2. The van der Waals surface area contributed by atoms with E-state index in [0.717, 1.165) is 6.26 Å². The van der Waals surface area contributed by atoms with Gasteiger partial charge in [0.1, 0.15) is 17.2 Å². The summed E-state index contributed by atoms with van der Waals surface area (Å²) in [4.78, 5) is 7.60. The fourth-order valence-electron chi connectivity index (χ4n) is 0.860. The van der Waals surface area contributed by atoms with Gasteiger partial charge in [-0.3, -0.25) is 0 Å². The van der Waals surface area contributed by atoms with Crippen molar-refractivity contribution in [2.24, 2.45) is 0 Å². The Morgan fingerprint density at radius 1 is 1.47 bits per heavy atom. The summed E-state index contributed by atoms with van der Waals surface area (Å²) in [6.45, 7) is 0.684. The van der Waals surface area contributed by atoms with Crippen LogP contribution in [0.2, 0.25) is 5.02 Å². The Morgan fingerprint density at radius 2 is 2.20 bits per heavy atom. The second-order valence-corrected chi connectivity index (χ2v) is 5.05. The Labute approximate surface area is 93.1 Å². The van der Waals surface area contributed by atoms with Crippen molar-refractivity contribution in [3.8, 4) is 0 Å². The van der Waals surface area contributed by atoms with Gasteiger partial charge in [0.15, 0.2) is 0 Å². The minimum Gasteiger partial charge on any atom is -0.367 e. The van der Waals surface area contributed by atoms with E-state index >= 15 is 0 Å². The van der Waals surface area contributed by atoms with Gasteiger partial charge in [-0.1, -0.05) is 11.6 Å². The van der Waals surface area contributed by atoms with Gasteiger partial charge in [-0.05, 0) is 0 Å². The van der Waals surface area contributed by atoms with Crippen LogP contribution >= 0.6 is 11.6 Å². The van der Waals surface area contributed by atoms with E-state index in [2.05, 4.69) is 20.0 Å². The van der Waals surface area contributed by atoms with Crippen molar-refractivity contribution in [3.63, 3.8) is 0 Å². The van der Waals surface area contributed by atoms with Crippen molar-refractivity contribution in [2.75, 3.05) is 24.7 Å². The topological polar surface area (TPSA) is 84.0 Å². The molecule has 2 N–H and O–H groups in total. The number of anilines is 1. The number of hydrogen-bond acceptors (Lipinski definition) is 5. The number of rotatable bonds is 5. The van der Waals surface area contributed by atoms with Gasteiger partial charge in [0.2, 0.25) is 10.0 Å². The van der Waals surface area contributed by atoms with Crippen LogP contribution in [0.3, 0.4) is 0 Å². The molecule has 0 spiro atoms. The lowest BCUT2D eigenvalue weighted by molar-refractivity contribution is 0.589. The summed E-state index contributed by atoms with van der Waals surface area (Å²) in [5.74, 6) is 0.488. The summed E-state index contributed by atoms with van der Waals surface area (Å²) >= 11 is 5.77. The Hall–Kier alpha value is -0.920. The minimum atomic E-state index is -3.14. The molecule has 0 radical (unpaired) electrons. The maximum Gasteiger partial charge on any atom is 0.208 e. The molecule has 1 rings (SSSR count). The Morgan fingerprint density at radius 3 is 2.80 bits per heavy atom. The molecule has 1 aromatic heterocycles. The van der Waals surface area contributed by atoms with Crippen LogP contribution in [0, 0.1) is 0 Å². The van der Waals surface area contributed by atoms with E-state index in [4.69, 9.17) is 11.6 Å². The van der Waals surface area contributed by atoms with E-state index in [-0.39, 0.29) is 6.54 Å². The molecule has 0 atom stereocenters. The minimum absolute atomic E-state index is 0.277. The maximum atomic E-state index is 10.7. The van der Waals surface area contributed by atoms with Gasteiger partial charge >= 0.3 is 0 Å².